The number of para-hydroxylation sites is 1. The fourth-order valence-corrected chi connectivity index (χ4v) is 5.81. The maximum absolute atomic E-state index is 13.3. The number of carbonyl (C=O) groups is 2. The van der Waals surface area contributed by atoms with Crippen LogP contribution in [0.15, 0.2) is 82.1 Å². The third-order valence-electron chi connectivity index (χ3n) is 5.00. The number of aryl methyl sites for hydroxylation is 1. The number of aromatic nitrogens is 3. The molecule has 1 fully saturated rings. The Kier molecular flexibility index (Phi) is 6.88. The van der Waals surface area contributed by atoms with Crippen molar-refractivity contribution in [2.75, 3.05) is 4.90 Å². The minimum absolute atomic E-state index is 0.0136. The van der Waals surface area contributed by atoms with Gasteiger partial charge < -0.3 is 9.30 Å². The summed E-state index contributed by atoms with van der Waals surface area (Å²) in [5.74, 6) is 0.111. The highest BCUT2D eigenvalue weighted by Crippen LogP contribution is 2.36. The number of carbonyl (C=O) groups excluding carboxylic acids is 2. The lowest BCUT2D eigenvalue weighted by atomic mass is 10.1. The lowest BCUT2D eigenvalue weighted by Gasteiger charge is -2.28. The predicted molar refractivity (Wildman–Crippen MR) is 144 cm³/mol. The van der Waals surface area contributed by atoms with Crippen molar-refractivity contribution < 1.29 is 14.3 Å². The third-order valence-corrected chi connectivity index (χ3v) is 7.82. The van der Waals surface area contributed by atoms with Gasteiger partial charge in [0.25, 0.3) is 11.8 Å². The number of hydrogen-bond acceptors (Lipinski definition) is 8. The lowest BCUT2D eigenvalue weighted by Crippen LogP contribution is -2.54. The van der Waals surface area contributed by atoms with E-state index in [9.17, 15) is 9.59 Å². The normalized spacial score (nSPS) is 14.9. The van der Waals surface area contributed by atoms with E-state index in [0.717, 1.165) is 5.16 Å². The summed E-state index contributed by atoms with van der Waals surface area (Å²) >= 11 is 14.2. The van der Waals surface area contributed by atoms with Crippen LogP contribution in [-0.4, -0.2) is 31.5 Å². The van der Waals surface area contributed by atoms with Crippen LogP contribution in [0.3, 0.4) is 0 Å². The highest BCUT2D eigenvalue weighted by atomic mass is 35.5. The average molecular weight is 554 g/mol. The first-order chi connectivity index (χ1) is 17.4. The molecule has 0 unspecified atom stereocenters. The number of thiazole rings is 1. The Morgan fingerprint density at radius 1 is 1.11 bits per heavy atom. The van der Waals surface area contributed by atoms with E-state index in [4.69, 9.17) is 28.6 Å². The predicted octanol–water partition coefficient (Wildman–Crippen LogP) is 5.30. The highest BCUT2D eigenvalue weighted by molar-refractivity contribution is 8.00. The number of halogens is 1. The number of thiocarbonyl (C=S) groups is 1. The van der Waals surface area contributed by atoms with Crippen molar-refractivity contribution in [2.45, 2.75) is 9.50 Å². The summed E-state index contributed by atoms with van der Waals surface area (Å²) in [6.45, 7) is 0. The Labute approximate surface area is 224 Å². The van der Waals surface area contributed by atoms with Gasteiger partial charge in [-0.25, -0.2) is 9.97 Å². The SMILES string of the molecule is Cn1ccnc1Sc1nc(Cl)c(C=C2C(=O)NC(=S)N(c3ccc(Oc4ccccc4)cc3)C2=O)s1. The van der Waals surface area contributed by atoms with Crippen LogP contribution in [0.5, 0.6) is 11.5 Å². The van der Waals surface area contributed by atoms with Gasteiger partial charge in [0.05, 0.1) is 10.6 Å². The molecule has 1 aliphatic rings. The van der Waals surface area contributed by atoms with E-state index in [1.54, 1.807) is 30.5 Å². The molecule has 0 atom stereocenters. The van der Waals surface area contributed by atoms with Gasteiger partial charge in [0, 0.05) is 19.4 Å². The van der Waals surface area contributed by atoms with Crippen molar-refractivity contribution in [1.29, 1.82) is 0 Å². The Hall–Kier alpha value is -3.51. The average Bonchev–Trinajstić information content (AvgIpc) is 3.42. The molecular formula is C24H16ClN5O3S3. The zero-order valence-corrected chi connectivity index (χ0v) is 21.7. The smallest absolute Gasteiger partial charge is 0.270 e. The van der Waals surface area contributed by atoms with Crippen molar-refractivity contribution in [3.63, 3.8) is 0 Å². The van der Waals surface area contributed by atoms with Gasteiger partial charge in [-0.2, -0.15) is 0 Å². The van der Waals surface area contributed by atoms with E-state index in [1.807, 2.05) is 48.1 Å². The summed E-state index contributed by atoms with van der Waals surface area (Å²) < 4.78 is 8.29. The number of nitrogens with one attached hydrogen (secondary N) is 1. The van der Waals surface area contributed by atoms with Gasteiger partial charge in [0.2, 0.25) is 0 Å². The zero-order chi connectivity index (χ0) is 25.2. The van der Waals surface area contributed by atoms with Gasteiger partial charge in [-0.15, -0.1) is 11.3 Å². The van der Waals surface area contributed by atoms with E-state index in [-0.39, 0.29) is 15.8 Å². The quantitative estimate of drug-likeness (QED) is 0.197. The van der Waals surface area contributed by atoms with Crippen molar-refractivity contribution in [3.8, 4) is 11.5 Å². The molecule has 1 aliphatic heterocycles. The second-order valence-corrected chi connectivity index (χ2v) is 10.4. The molecular weight excluding hydrogens is 538 g/mol. The molecule has 2 aromatic carbocycles. The molecule has 4 aromatic rings. The molecule has 0 saturated carbocycles. The molecule has 8 nitrogen and oxygen atoms in total. The number of nitrogens with zero attached hydrogens (tertiary/aromatic N) is 4. The Morgan fingerprint density at radius 3 is 2.53 bits per heavy atom. The molecule has 3 heterocycles. The maximum atomic E-state index is 13.3. The topological polar surface area (TPSA) is 89.3 Å². The molecule has 0 radical (unpaired) electrons. The second-order valence-electron chi connectivity index (χ2n) is 7.42. The summed E-state index contributed by atoms with van der Waals surface area (Å²) in [5, 5.41) is 3.49. The fourth-order valence-electron chi connectivity index (χ4n) is 3.27. The van der Waals surface area contributed by atoms with Gasteiger partial charge in [-0.05, 0) is 66.5 Å². The number of hydrogen-bond donors (Lipinski definition) is 1. The summed E-state index contributed by atoms with van der Waals surface area (Å²) in [6.07, 6.45) is 4.94. The number of imidazole rings is 1. The molecule has 1 N–H and O–H groups in total. The minimum atomic E-state index is -0.604. The van der Waals surface area contributed by atoms with Crippen LogP contribution >= 0.6 is 46.9 Å². The molecule has 180 valence electrons. The van der Waals surface area contributed by atoms with Gasteiger partial charge >= 0.3 is 0 Å². The summed E-state index contributed by atoms with van der Waals surface area (Å²) in [4.78, 5) is 36.3. The van der Waals surface area contributed by atoms with Crippen LogP contribution in [0.25, 0.3) is 6.08 Å². The van der Waals surface area contributed by atoms with Crippen LogP contribution < -0.4 is 15.0 Å². The molecule has 2 amide bonds. The standard InChI is InChI=1S/C24H16ClN5O3S3/c1-29-12-11-26-23(29)36-24-27-19(25)18(35-24)13-17-20(31)28-22(34)30(21(17)32)14-7-9-16(10-8-14)33-15-5-3-2-4-6-15/h2-13H,1H3,(H,28,31,34). The van der Waals surface area contributed by atoms with Crippen molar-refractivity contribution in [2.24, 2.45) is 7.05 Å². The van der Waals surface area contributed by atoms with Gasteiger partial charge in [-0.1, -0.05) is 29.8 Å². The Bertz CT molecular complexity index is 1500. The van der Waals surface area contributed by atoms with E-state index in [1.165, 1.54) is 34.1 Å². The lowest BCUT2D eigenvalue weighted by molar-refractivity contribution is -0.122. The molecule has 0 aliphatic carbocycles. The molecule has 12 heteroatoms. The first-order valence-corrected chi connectivity index (χ1v) is 12.9. The zero-order valence-electron chi connectivity index (χ0n) is 18.5. The molecule has 0 spiro atoms. The molecule has 0 bridgehead atoms. The number of benzene rings is 2. The minimum Gasteiger partial charge on any atom is -0.457 e. The van der Waals surface area contributed by atoms with Crippen molar-refractivity contribution >= 4 is 75.6 Å². The van der Waals surface area contributed by atoms with Gasteiger partial charge in [0.1, 0.15) is 22.2 Å². The first kappa shape index (κ1) is 24.2. The molecule has 1 saturated heterocycles. The highest BCUT2D eigenvalue weighted by Gasteiger charge is 2.35. The van der Waals surface area contributed by atoms with Crippen LogP contribution in [0, 0.1) is 0 Å². The van der Waals surface area contributed by atoms with Crippen molar-refractivity contribution in [1.82, 2.24) is 19.9 Å². The summed E-state index contributed by atoms with van der Waals surface area (Å²) in [6, 6.07) is 16.2. The van der Waals surface area contributed by atoms with Gasteiger partial charge in [-0.3, -0.25) is 19.8 Å². The van der Waals surface area contributed by atoms with E-state index >= 15 is 0 Å². The third kappa shape index (κ3) is 5.05. The largest absolute Gasteiger partial charge is 0.457 e. The monoisotopic (exact) mass is 553 g/mol. The summed E-state index contributed by atoms with van der Waals surface area (Å²) in [7, 11) is 1.87. The number of amides is 2. The molecule has 36 heavy (non-hydrogen) atoms. The second kappa shape index (κ2) is 10.2. The van der Waals surface area contributed by atoms with Crippen molar-refractivity contribution in [3.05, 3.63) is 82.6 Å². The van der Waals surface area contributed by atoms with Crippen LogP contribution in [0.2, 0.25) is 5.15 Å². The number of anilines is 1. The number of rotatable bonds is 6. The molecule has 2 aromatic heterocycles. The fraction of sp³-hybridized carbons (Fsp3) is 0.0417. The van der Waals surface area contributed by atoms with Gasteiger partial charge in [0.15, 0.2) is 14.6 Å². The molecule has 5 rings (SSSR count). The van der Waals surface area contributed by atoms with E-state index < -0.39 is 11.8 Å². The van der Waals surface area contributed by atoms with E-state index in [0.29, 0.717) is 26.4 Å². The number of ether oxygens (including phenoxy) is 1. The van der Waals surface area contributed by atoms with Crippen LogP contribution in [0.4, 0.5) is 5.69 Å². The van der Waals surface area contributed by atoms with Crippen LogP contribution in [-0.2, 0) is 16.6 Å². The van der Waals surface area contributed by atoms with E-state index in [2.05, 4.69) is 15.3 Å². The Balaban J connectivity index is 1.39. The summed E-state index contributed by atoms with van der Waals surface area (Å²) in [5.41, 5.74) is 0.380. The van der Waals surface area contributed by atoms with Crippen LogP contribution in [0.1, 0.15) is 4.88 Å². The first-order valence-electron chi connectivity index (χ1n) is 10.4. The maximum Gasteiger partial charge on any atom is 0.270 e. The Morgan fingerprint density at radius 2 is 1.83 bits per heavy atom.